The van der Waals surface area contributed by atoms with Gasteiger partial charge in [-0.25, -0.2) is 8.42 Å². The van der Waals surface area contributed by atoms with Crippen molar-refractivity contribution in [1.82, 2.24) is 0 Å². The Hall–Kier alpha value is -1.23. The van der Waals surface area contributed by atoms with Crippen LogP contribution in [0.25, 0.3) is 0 Å². The SMILES string of the molecule is CC1CCC(CNc2ccc(S(C)(=O)=O)cc2N)C1. The monoisotopic (exact) mass is 282 g/mol. The maximum atomic E-state index is 11.4. The minimum absolute atomic E-state index is 0.269. The van der Waals surface area contributed by atoms with Crippen LogP contribution < -0.4 is 11.1 Å². The lowest BCUT2D eigenvalue weighted by atomic mass is 10.1. The predicted molar refractivity (Wildman–Crippen MR) is 79.0 cm³/mol. The van der Waals surface area contributed by atoms with E-state index >= 15 is 0 Å². The van der Waals surface area contributed by atoms with Gasteiger partial charge in [0.1, 0.15) is 0 Å². The highest BCUT2D eigenvalue weighted by atomic mass is 32.2. The molecular weight excluding hydrogens is 260 g/mol. The average Bonchev–Trinajstić information content (AvgIpc) is 2.72. The standard InChI is InChI=1S/C14H22N2O2S/c1-10-3-4-11(7-10)9-16-14-6-5-12(8-13(14)15)19(2,17)18/h5-6,8,10-11,16H,3-4,7,9,15H2,1-2H3. The van der Waals surface area contributed by atoms with Crippen LogP contribution in [0, 0.1) is 11.8 Å². The first-order valence-electron chi connectivity index (χ1n) is 6.69. The fourth-order valence-corrected chi connectivity index (χ4v) is 3.35. The Morgan fingerprint density at radius 2 is 2.11 bits per heavy atom. The number of nitrogens with one attached hydrogen (secondary N) is 1. The molecule has 4 nitrogen and oxygen atoms in total. The lowest BCUT2D eigenvalue weighted by Gasteiger charge is -2.14. The summed E-state index contributed by atoms with van der Waals surface area (Å²) in [5, 5.41) is 3.33. The van der Waals surface area contributed by atoms with Gasteiger partial charge in [-0.3, -0.25) is 0 Å². The molecule has 0 saturated heterocycles. The highest BCUT2D eigenvalue weighted by Gasteiger charge is 2.21. The van der Waals surface area contributed by atoms with E-state index in [-0.39, 0.29) is 4.90 Å². The Balaban J connectivity index is 2.02. The Kier molecular flexibility index (Phi) is 4.04. The minimum Gasteiger partial charge on any atom is -0.397 e. The third kappa shape index (κ3) is 3.62. The zero-order valence-corrected chi connectivity index (χ0v) is 12.3. The summed E-state index contributed by atoms with van der Waals surface area (Å²) in [6.07, 6.45) is 5.01. The molecule has 19 heavy (non-hydrogen) atoms. The molecule has 3 N–H and O–H groups in total. The largest absolute Gasteiger partial charge is 0.397 e. The highest BCUT2D eigenvalue weighted by molar-refractivity contribution is 7.90. The van der Waals surface area contributed by atoms with Crippen molar-refractivity contribution in [2.24, 2.45) is 11.8 Å². The van der Waals surface area contributed by atoms with Gasteiger partial charge in [0.05, 0.1) is 16.3 Å². The van der Waals surface area contributed by atoms with Crippen molar-refractivity contribution in [2.75, 3.05) is 23.9 Å². The molecule has 0 aromatic heterocycles. The van der Waals surface area contributed by atoms with Crippen molar-refractivity contribution in [1.29, 1.82) is 0 Å². The molecule has 0 bridgehead atoms. The molecule has 2 atom stereocenters. The van der Waals surface area contributed by atoms with Gasteiger partial charge < -0.3 is 11.1 Å². The Morgan fingerprint density at radius 3 is 2.63 bits per heavy atom. The molecule has 2 unspecified atom stereocenters. The van der Waals surface area contributed by atoms with Gasteiger partial charge in [0.25, 0.3) is 0 Å². The molecule has 1 aromatic carbocycles. The van der Waals surface area contributed by atoms with Crippen LogP contribution in [0.2, 0.25) is 0 Å². The van der Waals surface area contributed by atoms with E-state index in [1.54, 1.807) is 12.1 Å². The molecule has 1 fully saturated rings. The van der Waals surface area contributed by atoms with Crippen LogP contribution >= 0.6 is 0 Å². The van der Waals surface area contributed by atoms with Gasteiger partial charge in [0, 0.05) is 12.8 Å². The zero-order chi connectivity index (χ0) is 14.0. The fourth-order valence-electron chi connectivity index (χ4n) is 2.70. The second-order valence-corrected chi connectivity index (χ2v) is 7.70. The number of hydrogen-bond acceptors (Lipinski definition) is 4. The summed E-state index contributed by atoms with van der Waals surface area (Å²) in [4.78, 5) is 0.269. The molecule has 2 rings (SSSR count). The van der Waals surface area contributed by atoms with Crippen molar-refractivity contribution < 1.29 is 8.42 Å². The van der Waals surface area contributed by atoms with Crippen molar-refractivity contribution in [3.63, 3.8) is 0 Å². The molecule has 0 spiro atoms. The van der Waals surface area contributed by atoms with Crippen LogP contribution in [0.4, 0.5) is 11.4 Å². The zero-order valence-electron chi connectivity index (χ0n) is 11.5. The summed E-state index contributed by atoms with van der Waals surface area (Å²) in [5.41, 5.74) is 7.22. The maximum absolute atomic E-state index is 11.4. The predicted octanol–water partition coefficient (Wildman–Crippen LogP) is 2.52. The number of anilines is 2. The van der Waals surface area contributed by atoms with Gasteiger partial charge in [0.15, 0.2) is 9.84 Å². The molecule has 1 aromatic rings. The second kappa shape index (κ2) is 5.41. The number of nitrogen functional groups attached to an aromatic ring is 1. The van der Waals surface area contributed by atoms with E-state index in [1.165, 1.54) is 31.6 Å². The molecule has 0 heterocycles. The van der Waals surface area contributed by atoms with Gasteiger partial charge in [-0.2, -0.15) is 0 Å². The molecule has 0 amide bonds. The van der Waals surface area contributed by atoms with E-state index in [1.807, 2.05) is 0 Å². The van der Waals surface area contributed by atoms with E-state index in [9.17, 15) is 8.42 Å². The molecule has 1 saturated carbocycles. The molecule has 0 aliphatic heterocycles. The minimum atomic E-state index is -3.19. The van der Waals surface area contributed by atoms with E-state index in [2.05, 4.69) is 12.2 Å². The summed E-state index contributed by atoms with van der Waals surface area (Å²) in [6.45, 7) is 3.20. The number of benzene rings is 1. The Bertz CT molecular complexity index is 555. The van der Waals surface area contributed by atoms with Crippen molar-refractivity contribution >= 4 is 21.2 Å². The third-order valence-corrected chi connectivity index (χ3v) is 4.95. The van der Waals surface area contributed by atoms with Crippen LogP contribution in [-0.4, -0.2) is 21.2 Å². The number of sulfone groups is 1. The highest BCUT2D eigenvalue weighted by Crippen LogP contribution is 2.31. The number of nitrogens with two attached hydrogens (primary N) is 1. The third-order valence-electron chi connectivity index (χ3n) is 3.84. The van der Waals surface area contributed by atoms with Crippen LogP contribution in [0.3, 0.4) is 0 Å². The lowest BCUT2D eigenvalue weighted by molar-refractivity contribution is 0.537. The molecule has 0 radical (unpaired) electrons. The van der Waals surface area contributed by atoms with E-state index < -0.39 is 9.84 Å². The van der Waals surface area contributed by atoms with Gasteiger partial charge in [-0.1, -0.05) is 13.3 Å². The first kappa shape index (κ1) is 14.2. The second-order valence-electron chi connectivity index (χ2n) is 5.69. The summed E-state index contributed by atoms with van der Waals surface area (Å²) in [7, 11) is -3.19. The summed E-state index contributed by atoms with van der Waals surface area (Å²) in [6, 6.07) is 4.88. The van der Waals surface area contributed by atoms with Crippen LogP contribution in [0.15, 0.2) is 23.1 Å². The first-order chi connectivity index (χ1) is 8.86. The van der Waals surface area contributed by atoms with E-state index in [0.29, 0.717) is 11.6 Å². The number of hydrogen-bond donors (Lipinski definition) is 2. The first-order valence-corrected chi connectivity index (χ1v) is 8.59. The molecule has 1 aliphatic carbocycles. The Morgan fingerprint density at radius 1 is 1.37 bits per heavy atom. The van der Waals surface area contributed by atoms with Gasteiger partial charge in [0.2, 0.25) is 0 Å². The summed E-state index contributed by atoms with van der Waals surface area (Å²) in [5.74, 6) is 1.51. The smallest absolute Gasteiger partial charge is 0.175 e. The van der Waals surface area contributed by atoms with Crippen molar-refractivity contribution in [2.45, 2.75) is 31.1 Å². The molecule has 1 aliphatic rings. The van der Waals surface area contributed by atoms with E-state index in [0.717, 1.165) is 18.2 Å². The van der Waals surface area contributed by atoms with Crippen molar-refractivity contribution in [3.05, 3.63) is 18.2 Å². The quantitative estimate of drug-likeness (QED) is 0.832. The fraction of sp³-hybridized carbons (Fsp3) is 0.571. The Labute approximate surface area is 115 Å². The number of rotatable bonds is 4. The van der Waals surface area contributed by atoms with Crippen LogP contribution in [0.5, 0.6) is 0 Å². The van der Waals surface area contributed by atoms with Crippen LogP contribution in [0.1, 0.15) is 26.2 Å². The normalized spacial score (nSPS) is 23.5. The molecule has 5 heteroatoms. The molecular formula is C14H22N2O2S. The maximum Gasteiger partial charge on any atom is 0.175 e. The molecule has 106 valence electrons. The summed E-state index contributed by atoms with van der Waals surface area (Å²) < 4.78 is 22.8. The summed E-state index contributed by atoms with van der Waals surface area (Å²) >= 11 is 0. The van der Waals surface area contributed by atoms with Gasteiger partial charge >= 0.3 is 0 Å². The van der Waals surface area contributed by atoms with Crippen LogP contribution in [-0.2, 0) is 9.84 Å². The lowest BCUT2D eigenvalue weighted by Crippen LogP contribution is -2.13. The van der Waals surface area contributed by atoms with Crippen molar-refractivity contribution in [3.8, 4) is 0 Å². The van der Waals surface area contributed by atoms with E-state index in [4.69, 9.17) is 5.73 Å². The van der Waals surface area contributed by atoms with Gasteiger partial charge in [-0.15, -0.1) is 0 Å². The van der Waals surface area contributed by atoms with Gasteiger partial charge in [-0.05, 0) is 42.9 Å². The average molecular weight is 282 g/mol. The topological polar surface area (TPSA) is 72.2 Å².